The summed E-state index contributed by atoms with van der Waals surface area (Å²) in [5.74, 6) is 1.42. The van der Waals surface area contributed by atoms with Gasteiger partial charge in [0.1, 0.15) is 5.84 Å². The van der Waals surface area contributed by atoms with Crippen LogP contribution in [-0.4, -0.2) is 11.1 Å². The van der Waals surface area contributed by atoms with Crippen molar-refractivity contribution in [1.29, 1.82) is 5.41 Å². The molecule has 0 spiro atoms. The third kappa shape index (κ3) is 4.77. The lowest BCUT2D eigenvalue weighted by molar-refractivity contribution is 0.357. The Morgan fingerprint density at radius 3 is 2.45 bits per heavy atom. The zero-order chi connectivity index (χ0) is 16.2. The van der Waals surface area contributed by atoms with Crippen LogP contribution in [-0.2, 0) is 0 Å². The highest BCUT2D eigenvalue weighted by Crippen LogP contribution is 2.38. The zero-order valence-corrected chi connectivity index (χ0v) is 15.2. The fourth-order valence-corrected chi connectivity index (χ4v) is 4.16. The van der Waals surface area contributed by atoms with Gasteiger partial charge < -0.3 is 5.32 Å². The van der Waals surface area contributed by atoms with Crippen LogP contribution in [0.3, 0.4) is 0 Å². The number of benzene rings is 1. The molecule has 1 atom stereocenters. The third-order valence-corrected chi connectivity index (χ3v) is 5.89. The molecule has 0 saturated heterocycles. The standard InChI is InChI=1S/C19H30N2S/c1-14(15-10-6-5-7-11-15)22-17-13-9-8-12-16(17)21-18(20)19(2,3)4/h8-9,12-15H,5-7,10-11H2,1-4H3,(H2,20,21)/t14-/m1/s1. The summed E-state index contributed by atoms with van der Waals surface area (Å²) in [5, 5.41) is 12.2. The fourth-order valence-electron chi connectivity index (χ4n) is 2.89. The highest BCUT2D eigenvalue weighted by Gasteiger charge is 2.23. The highest BCUT2D eigenvalue weighted by molar-refractivity contribution is 8.00. The number of hydrogen-bond donors (Lipinski definition) is 2. The average Bonchev–Trinajstić information content (AvgIpc) is 2.49. The number of hydrogen-bond acceptors (Lipinski definition) is 2. The normalized spacial score (nSPS) is 18.0. The molecular formula is C19H30N2S. The first-order valence-corrected chi connectivity index (χ1v) is 9.37. The minimum absolute atomic E-state index is 0.146. The summed E-state index contributed by atoms with van der Waals surface area (Å²) in [4.78, 5) is 1.27. The molecule has 122 valence electrons. The second-order valence-electron chi connectivity index (χ2n) is 7.47. The molecule has 0 aliphatic heterocycles. The van der Waals surface area contributed by atoms with Gasteiger partial charge in [-0.05, 0) is 30.9 Å². The van der Waals surface area contributed by atoms with Gasteiger partial charge in [0.25, 0.3) is 0 Å². The molecule has 0 unspecified atom stereocenters. The SMILES string of the molecule is C[C@@H](Sc1ccccc1NC(=N)C(C)(C)C)C1CCCCC1. The summed E-state index contributed by atoms with van der Waals surface area (Å²) in [5.41, 5.74) is 0.933. The van der Waals surface area contributed by atoms with Crippen molar-refractivity contribution in [3.63, 3.8) is 0 Å². The van der Waals surface area contributed by atoms with Crippen molar-refractivity contribution in [2.75, 3.05) is 5.32 Å². The van der Waals surface area contributed by atoms with Crippen LogP contribution in [0.5, 0.6) is 0 Å². The Hall–Kier alpha value is -0.960. The van der Waals surface area contributed by atoms with Gasteiger partial charge in [0.15, 0.2) is 0 Å². The maximum Gasteiger partial charge on any atom is 0.103 e. The van der Waals surface area contributed by atoms with Gasteiger partial charge >= 0.3 is 0 Å². The monoisotopic (exact) mass is 318 g/mol. The van der Waals surface area contributed by atoms with E-state index in [0.29, 0.717) is 11.1 Å². The van der Waals surface area contributed by atoms with Crippen molar-refractivity contribution in [3.05, 3.63) is 24.3 Å². The van der Waals surface area contributed by atoms with Gasteiger partial charge in [-0.15, -0.1) is 11.8 Å². The van der Waals surface area contributed by atoms with E-state index in [-0.39, 0.29) is 5.41 Å². The van der Waals surface area contributed by atoms with Gasteiger partial charge in [-0.2, -0.15) is 0 Å². The van der Waals surface area contributed by atoms with Gasteiger partial charge in [0, 0.05) is 15.6 Å². The molecule has 0 bridgehead atoms. The van der Waals surface area contributed by atoms with Crippen molar-refractivity contribution in [3.8, 4) is 0 Å². The Balaban J connectivity index is 2.06. The van der Waals surface area contributed by atoms with Crippen LogP contribution in [0.4, 0.5) is 5.69 Å². The molecule has 2 nitrogen and oxygen atoms in total. The number of amidine groups is 1. The van der Waals surface area contributed by atoms with Crippen LogP contribution in [0.25, 0.3) is 0 Å². The van der Waals surface area contributed by atoms with Crippen molar-refractivity contribution in [1.82, 2.24) is 0 Å². The fraction of sp³-hybridized carbons (Fsp3) is 0.632. The second-order valence-corrected chi connectivity index (χ2v) is 8.89. The maximum absolute atomic E-state index is 8.23. The molecule has 0 amide bonds. The molecule has 2 N–H and O–H groups in total. The summed E-state index contributed by atoms with van der Waals surface area (Å²) < 4.78 is 0. The number of rotatable bonds is 4. The van der Waals surface area contributed by atoms with Gasteiger partial charge in [0.2, 0.25) is 0 Å². The van der Waals surface area contributed by atoms with E-state index < -0.39 is 0 Å². The zero-order valence-electron chi connectivity index (χ0n) is 14.4. The second kappa shape index (κ2) is 7.54. The van der Waals surface area contributed by atoms with Crippen LogP contribution in [0, 0.1) is 16.7 Å². The lowest BCUT2D eigenvalue weighted by atomic mass is 9.87. The van der Waals surface area contributed by atoms with Gasteiger partial charge in [-0.3, -0.25) is 5.41 Å². The van der Waals surface area contributed by atoms with Crippen LogP contribution in [0.15, 0.2) is 29.2 Å². The Kier molecular flexibility index (Phi) is 5.96. The third-order valence-electron chi connectivity index (χ3n) is 4.52. The van der Waals surface area contributed by atoms with E-state index in [9.17, 15) is 0 Å². The molecular weight excluding hydrogens is 288 g/mol. The van der Waals surface area contributed by atoms with E-state index in [1.807, 2.05) is 17.8 Å². The van der Waals surface area contributed by atoms with Crippen molar-refractivity contribution < 1.29 is 0 Å². The Morgan fingerprint density at radius 2 is 1.82 bits per heavy atom. The molecule has 0 radical (unpaired) electrons. The molecule has 2 rings (SSSR count). The number of nitrogens with one attached hydrogen (secondary N) is 2. The number of anilines is 1. The first-order valence-electron chi connectivity index (χ1n) is 8.49. The Labute approximate surface area is 140 Å². The highest BCUT2D eigenvalue weighted by atomic mass is 32.2. The van der Waals surface area contributed by atoms with Crippen LogP contribution in [0.2, 0.25) is 0 Å². The quantitative estimate of drug-likeness (QED) is 0.395. The summed E-state index contributed by atoms with van der Waals surface area (Å²) in [6.45, 7) is 8.58. The molecule has 1 aromatic carbocycles. The molecule has 1 aliphatic rings. The van der Waals surface area contributed by atoms with Crippen LogP contribution < -0.4 is 5.32 Å². The Bertz CT molecular complexity index is 498. The van der Waals surface area contributed by atoms with E-state index in [0.717, 1.165) is 11.6 Å². The predicted molar refractivity (Wildman–Crippen MR) is 99.1 cm³/mol. The largest absolute Gasteiger partial charge is 0.343 e. The van der Waals surface area contributed by atoms with Crippen LogP contribution >= 0.6 is 11.8 Å². The van der Waals surface area contributed by atoms with Crippen LogP contribution in [0.1, 0.15) is 59.8 Å². The maximum atomic E-state index is 8.23. The average molecular weight is 319 g/mol. The molecule has 1 fully saturated rings. The molecule has 0 heterocycles. The summed E-state index contributed by atoms with van der Waals surface area (Å²) >= 11 is 1.97. The van der Waals surface area contributed by atoms with Crippen molar-refractivity contribution in [2.45, 2.75) is 69.9 Å². The van der Waals surface area contributed by atoms with E-state index in [2.05, 4.69) is 51.2 Å². The topological polar surface area (TPSA) is 35.9 Å². The van der Waals surface area contributed by atoms with Gasteiger partial charge in [-0.1, -0.05) is 59.1 Å². The first-order chi connectivity index (χ1) is 10.4. The van der Waals surface area contributed by atoms with E-state index in [4.69, 9.17) is 5.41 Å². The first kappa shape index (κ1) is 17.4. The minimum atomic E-state index is -0.146. The minimum Gasteiger partial charge on any atom is -0.343 e. The molecule has 1 aromatic rings. The predicted octanol–water partition coefficient (Wildman–Crippen LogP) is 6.18. The van der Waals surface area contributed by atoms with Crippen molar-refractivity contribution >= 4 is 23.3 Å². The summed E-state index contributed by atoms with van der Waals surface area (Å²) in [6.07, 6.45) is 6.95. The summed E-state index contributed by atoms with van der Waals surface area (Å²) in [7, 11) is 0. The molecule has 1 saturated carbocycles. The summed E-state index contributed by atoms with van der Waals surface area (Å²) in [6, 6.07) is 8.42. The smallest absolute Gasteiger partial charge is 0.103 e. The Morgan fingerprint density at radius 1 is 1.18 bits per heavy atom. The van der Waals surface area contributed by atoms with Gasteiger partial charge in [0.05, 0.1) is 5.69 Å². The van der Waals surface area contributed by atoms with Gasteiger partial charge in [-0.25, -0.2) is 0 Å². The number of para-hydroxylation sites is 1. The van der Waals surface area contributed by atoms with E-state index in [1.165, 1.54) is 37.0 Å². The van der Waals surface area contributed by atoms with Crippen molar-refractivity contribution in [2.24, 2.45) is 11.3 Å². The molecule has 3 heteroatoms. The number of thioether (sulfide) groups is 1. The lowest BCUT2D eigenvalue weighted by Gasteiger charge is -2.28. The van der Waals surface area contributed by atoms with E-state index >= 15 is 0 Å². The molecule has 22 heavy (non-hydrogen) atoms. The lowest BCUT2D eigenvalue weighted by Crippen LogP contribution is -2.27. The molecule has 1 aliphatic carbocycles. The molecule has 0 aromatic heterocycles. The van der Waals surface area contributed by atoms with E-state index in [1.54, 1.807) is 0 Å².